The van der Waals surface area contributed by atoms with Crippen LogP contribution in [0.4, 0.5) is 0 Å². The minimum Gasteiger partial charge on any atom is -0.399 e. The molecule has 128 valence electrons. The van der Waals surface area contributed by atoms with Crippen LogP contribution in [-0.4, -0.2) is 18.3 Å². The van der Waals surface area contributed by atoms with Gasteiger partial charge in [0.15, 0.2) is 0 Å². The SMILES string of the molecule is CCCCCCCCc1ccc(B2OC(C)(C)C(C)(C)O2)cc1. The molecule has 0 saturated carbocycles. The number of hydrogen-bond acceptors (Lipinski definition) is 2. The summed E-state index contributed by atoms with van der Waals surface area (Å²) in [5.74, 6) is 0. The Hall–Kier alpha value is -0.795. The lowest BCUT2D eigenvalue weighted by molar-refractivity contribution is 0.00578. The normalized spacial score (nSPS) is 19.3. The maximum absolute atomic E-state index is 6.10. The van der Waals surface area contributed by atoms with Crippen molar-refractivity contribution in [2.24, 2.45) is 0 Å². The van der Waals surface area contributed by atoms with Gasteiger partial charge in [-0.05, 0) is 51.6 Å². The molecule has 0 N–H and O–H groups in total. The van der Waals surface area contributed by atoms with Crippen molar-refractivity contribution < 1.29 is 9.31 Å². The van der Waals surface area contributed by atoms with E-state index in [-0.39, 0.29) is 18.3 Å². The fourth-order valence-corrected chi connectivity index (χ4v) is 2.93. The Morgan fingerprint density at radius 3 is 1.87 bits per heavy atom. The van der Waals surface area contributed by atoms with E-state index in [9.17, 15) is 0 Å². The van der Waals surface area contributed by atoms with Crippen LogP contribution in [0.3, 0.4) is 0 Å². The summed E-state index contributed by atoms with van der Waals surface area (Å²) >= 11 is 0. The Morgan fingerprint density at radius 1 is 0.783 bits per heavy atom. The van der Waals surface area contributed by atoms with Gasteiger partial charge in [0.25, 0.3) is 0 Å². The van der Waals surface area contributed by atoms with E-state index in [1.807, 2.05) is 0 Å². The molecule has 0 spiro atoms. The summed E-state index contributed by atoms with van der Waals surface area (Å²) in [7, 11) is -0.247. The molecule has 2 nitrogen and oxygen atoms in total. The molecule has 1 aromatic rings. The summed E-state index contributed by atoms with van der Waals surface area (Å²) in [6.07, 6.45) is 9.27. The molecular weight excluding hydrogens is 283 g/mol. The van der Waals surface area contributed by atoms with Crippen molar-refractivity contribution in [2.75, 3.05) is 0 Å². The molecule has 1 aromatic carbocycles. The molecule has 23 heavy (non-hydrogen) atoms. The highest BCUT2D eigenvalue weighted by Gasteiger charge is 2.51. The van der Waals surface area contributed by atoms with Crippen LogP contribution in [0.15, 0.2) is 24.3 Å². The third-order valence-electron chi connectivity index (χ3n) is 5.32. The largest absolute Gasteiger partial charge is 0.494 e. The number of unbranched alkanes of at least 4 members (excludes halogenated alkanes) is 5. The van der Waals surface area contributed by atoms with E-state index in [0.717, 1.165) is 5.46 Å². The quantitative estimate of drug-likeness (QED) is 0.502. The van der Waals surface area contributed by atoms with E-state index in [0.29, 0.717) is 0 Å². The molecule has 1 aliphatic heterocycles. The lowest BCUT2D eigenvalue weighted by atomic mass is 9.78. The highest BCUT2D eigenvalue weighted by atomic mass is 16.7. The highest BCUT2D eigenvalue weighted by molar-refractivity contribution is 6.62. The van der Waals surface area contributed by atoms with Gasteiger partial charge < -0.3 is 9.31 Å². The van der Waals surface area contributed by atoms with Gasteiger partial charge in [0, 0.05) is 0 Å². The molecule has 3 heteroatoms. The Labute approximate surface area is 143 Å². The van der Waals surface area contributed by atoms with Gasteiger partial charge in [-0.25, -0.2) is 0 Å². The van der Waals surface area contributed by atoms with Crippen LogP contribution in [0.1, 0.15) is 78.7 Å². The van der Waals surface area contributed by atoms with E-state index >= 15 is 0 Å². The second-order valence-electron chi connectivity index (χ2n) is 7.85. The summed E-state index contributed by atoms with van der Waals surface area (Å²) in [4.78, 5) is 0. The van der Waals surface area contributed by atoms with Crippen LogP contribution in [0.5, 0.6) is 0 Å². The van der Waals surface area contributed by atoms with Crippen LogP contribution in [0.25, 0.3) is 0 Å². The molecule has 0 aliphatic carbocycles. The molecule has 2 rings (SSSR count). The average Bonchev–Trinajstić information content (AvgIpc) is 2.72. The maximum Gasteiger partial charge on any atom is 0.494 e. The molecule has 1 aliphatic rings. The van der Waals surface area contributed by atoms with Crippen molar-refractivity contribution in [1.82, 2.24) is 0 Å². The standard InChI is InChI=1S/C20H33BO2/c1-6-7-8-9-10-11-12-17-13-15-18(16-14-17)21-22-19(2,3)20(4,5)23-21/h13-16H,6-12H2,1-5H3. The van der Waals surface area contributed by atoms with Gasteiger partial charge in [0.05, 0.1) is 11.2 Å². The zero-order valence-corrected chi connectivity index (χ0v) is 15.7. The molecule has 0 bridgehead atoms. The zero-order chi connectivity index (χ0) is 16.9. The molecule has 0 radical (unpaired) electrons. The summed E-state index contributed by atoms with van der Waals surface area (Å²) in [5, 5.41) is 0. The second kappa shape index (κ2) is 7.85. The Morgan fingerprint density at radius 2 is 1.30 bits per heavy atom. The van der Waals surface area contributed by atoms with Crippen LogP contribution in [0, 0.1) is 0 Å². The topological polar surface area (TPSA) is 18.5 Å². The van der Waals surface area contributed by atoms with Gasteiger partial charge in [0.2, 0.25) is 0 Å². The van der Waals surface area contributed by atoms with Crippen LogP contribution < -0.4 is 5.46 Å². The van der Waals surface area contributed by atoms with Crippen molar-refractivity contribution in [2.45, 2.75) is 90.8 Å². The summed E-state index contributed by atoms with van der Waals surface area (Å²) in [6.45, 7) is 10.7. The second-order valence-corrected chi connectivity index (χ2v) is 7.85. The molecule has 1 fully saturated rings. The van der Waals surface area contributed by atoms with Crippen LogP contribution in [-0.2, 0) is 15.7 Å². The van der Waals surface area contributed by atoms with E-state index in [1.165, 1.54) is 50.5 Å². The number of benzene rings is 1. The number of aryl methyl sites for hydroxylation is 1. The smallest absolute Gasteiger partial charge is 0.399 e. The van der Waals surface area contributed by atoms with E-state index in [2.05, 4.69) is 58.9 Å². The first-order chi connectivity index (χ1) is 10.9. The van der Waals surface area contributed by atoms with Crippen LogP contribution in [0.2, 0.25) is 0 Å². The van der Waals surface area contributed by atoms with Crippen molar-refractivity contribution in [3.63, 3.8) is 0 Å². The van der Waals surface area contributed by atoms with Crippen molar-refractivity contribution in [3.8, 4) is 0 Å². The van der Waals surface area contributed by atoms with E-state index in [1.54, 1.807) is 0 Å². The lowest BCUT2D eigenvalue weighted by Gasteiger charge is -2.32. The van der Waals surface area contributed by atoms with Gasteiger partial charge in [-0.3, -0.25) is 0 Å². The van der Waals surface area contributed by atoms with Crippen molar-refractivity contribution >= 4 is 12.6 Å². The first kappa shape index (κ1) is 18.5. The first-order valence-corrected chi connectivity index (χ1v) is 9.30. The summed E-state index contributed by atoms with van der Waals surface area (Å²) in [5.41, 5.74) is 2.00. The predicted octanol–water partition coefficient (Wildman–Crippen LogP) is 4.89. The van der Waals surface area contributed by atoms with Crippen molar-refractivity contribution in [1.29, 1.82) is 0 Å². The highest BCUT2D eigenvalue weighted by Crippen LogP contribution is 2.36. The van der Waals surface area contributed by atoms with Gasteiger partial charge in [-0.1, -0.05) is 63.3 Å². The Bertz CT molecular complexity index is 463. The van der Waals surface area contributed by atoms with Gasteiger partial charge >= 0.3 is 7.12 Å². The summed E-state index contributed by atoms with van der Waals surface area (Å²) in [6, 6.07) is 8.78. The maximum atomic E-state index is 6.10. The Balaban J connectivity index is 1.81. The lowest BCUT2D eigenvalue weighted by Crippen LogP contribution is -2.41. The average molecular weight is 316 g/mol. The van der Waals surface area contributed by atoms with Gasteiger partial charge in [0.1, 0.15) is 0 Å². The minimum absolute atomic E-state index is 0.247. The number of hydrogen-bond donors (Lipinski definition) is 0. The molecule has 0 aromatic heterocycles. The number of rotatable bonds is 8. The molecule has 0 amide bonds. The predicted molar refractivity (Wildman–Crippen MR) is 99.2 cm³/mol. The van der Waals surface area contributed by atoms with E-state index < -0.39 is 0 Å². The minimum atomic E-state index is -0.269. The van der Waals surface area contributed by atoms with Gasteiger partial charge in [-0.15, -0.1) is 0 Å². The fourth-order valence-electron chi connectivity index (χ4n) is 2.93. The third-order valence-corrected chi connectivity index (χ3v) is 5.32. The molecule has 0 atom stereocenters. The van der Waals surface area contributed by atoms with Crippen molar-refractivity contribution in [3.05, 3.63) is 29.8 Å². The molecule has 0 unspecified atom stereocenters. The van der Waals surface area contributed by atoms with Gasteiger partial charge in [-0.2, -0.15) is 0 Å². The van der Waals surface area contributed by atoms with Crippen LogP contribution >= 0.6 is 0 Å². The molecule has 1 heterocycles. The fraction of sp³-hybridized carbons (Fsp3) is 0.700. The monoisotopic (exact) mass is 316 g/mol. The third kappa shape index (κ3) is 4.84. The zero-order valence-electron chi connectivity index (χ0n) is 15.7. The molecule has 1 saturated heterocycles. The Kier molecular flexibility index (Phi) is 6.33. The first-order valence-electron chi connectivity index (χ1n) is 9.30. The van der Waals surface area contributed by atoms with E-state index in [4.69, 9.17) is 9.31 Å². The summed E-state index contributed by atoms with van der Waals surface area (Å²) < 4.78 is 12.2. The molecular formula is C20H33BO2.